The number of carbonyl (C=O) groups is 1. The number of halogens is 1. The number of benzene rings is 1. The SMILES string of the molecule is COc1cc(O)c(CCC(=O)O)cc1Cl. The number of aryl methyl sites for hydroxylation is 1. The minimum atomic E-state index is -0.915. The van der Waals surface area contributed by atoms with Crippen LogP contribution in [0.1, 0.15) is 12.0 Å². The molecule has 4 nitrogen and oxygen atoms in total. The number of aliphatic carboxylic acids is 1. The van der Waals surface area contributed by atoms with E-state index in [2.05, 4.69) is 0 Å². The van der Waals surface area contributed by atoms with E-state index in [0.717, 1.165) is 0 Å². The molecule has 0 amide bonds. The van der Waals surface area contributed by atoms with Crippen LogP contribution in [-0.4, -0.2) is 23.3 Å². The molecule has 0 atom stereocenters. The molecule has 0 radical (unpaired) electrons. The molecular weight excluding hydrogens is 220 g/mol. The summed E-state index contributed by atoms with van der Waals surface area (Å²) in [6.45, 7) is 0. The summed E-state index contributed by atoms with van der Waals surface area (Å²) in [5.41, 5.74) is 0.503. The zero-order valence-electron chi connectivity index (χ0n) is 8.16. The van der Waals surface area contributed by atoms with Crippen LogP contribution in [0.15, 0.2) is 12.1 Å². The lowest BCUT2D eigenvalue weighted by atomic mass is 10.1. The van der Waals surface area contributed by atoms with Crippen molar-refractivity contribution >= 4 is 17.6 Å². The van der Waals surface area contributed by atoms with Crippen molar-refractivity contribution in [3.63, 3.8) is 0 Å². The van der Waals surface area contributed by atoms with Crippen molar-refractivity contribution in [1.29, 1.82) is 0 Å². The number of phenols is 1. The summed E-state index contributed by atoms with van der Waals surface area (Å²) in [4.78, 5) is 10.4. The Balaban J connectivity index is 2.90. The van der Waals surface area contributed by atoms with Crippen molar-refractivity contribution in [3.8, 4) is 11.5 Å². The highest BCUT2D eigenvalue weighted by molar-refractivity contribution is 6.32. The fourth-order valence-electron chi connectivity index (χ4n) is 1.18. The summed E-state index contributed by atoms with van der Waals surface area (Å²) in [5, 5.41) is 18.4. The number of rotatable bonds is 4. The number of hydrogen-bond acceptors (Lipinski definition) is 3. The fourth-order valence-corrected chi connectivity index (χ4v) is 1.45. The van der Waals surface area contributed by atoms with Gasteiger partial charge in [0.15, 0.2) is 0 Å². The van der Waals surface area contributed by atoms with Gasteiger partial charge in [0.2, 0.25) is 0 Å². The van der Waals surface area contributed by atoms with E-state index in [1.807, 2.05) is 0 Å². The second-order valence-corrected chi connectivity index (χ2v) is 3.42. The molecule has 0 bridgehead atoms. The van der Waals surface area contributed by atoms with E-state index in [1.165, 1.54) is 19.2 Å². The third-order valence-corrected chi connectivity index (χ3v) is 2.26. The van der Waals surface area contributed by atoms with E-state index >= 15 is 0 Å². The minimum Gasteiger partial charge on any atom is -0.508 e. The van der Waals surface area contributed by atoms with Gasteiger partial charge in [-0.15, -0.1) is 0 Å². The quantitative estimate of drug-likeness (QED) is 0.831. The van der Waals surface area contributed by atoms with Crippen LogP contribution in [-0.2, 0) is 11.2 Å². The summed E-state index contributed by atoms with van der Waals surface area (Å²) in [7, 11) is 1.44. The van der Waals surface area contributed by atoms with Gasteiger partial charge in [0.1, 0.15) is 11.5 Å². The summed E-state index contributed by atoms with van der Waals surface area (Å²) in [6.07, 6.45) is 0.196. The van der Waals surface area contributed by atoms with Crippen LogP contribution in [0.3, 0.4) is 0 Å². The number of aromatic hydroxyl groups is 1. The number of methoxy groups -OCH3 is 1. The van der Waals surface area contributed by atoms with Gasteiger partial charge in [0.05, 0.1) is 12.1 Å². The van der Waals surface area contributed by atoms with Gasteiger partial charge in [-0.2, -0.15) is 0 Å². The van der Waals surface area contributed by atoms with E-state index in [4.69, 9.17) is 21.4 Å². The third-order valence-electron chi connectivity index (χ3n) is 1.96. The van der Waals surface area contributed by atoms with E-state index in [1.54, 1.807) is 0 Å². The molecule has 0 spiro atoms. The van der Waals surface area contributed by atoms with Crippen LogP contribution in [0.4, 0.5) is 0 Å². The Morgan fingerprint density at radius 1 is 1.53 bits per heavy atom. The van der Waals surface area contributed by atoms with E-state index in [9.17, 15) is 9.90 Å². The highest BCUT2D eigenvalue weighted by atomic mass is 35.5. The Morgan fingerprint density at radius 2 is 2.20 bits per heavy atom. The smallest absolute Gasteiger partial charge is 0.303 e. The monoisotopic (exact) mass is 230 g/mol. The van der Waals surface area contributed by atoms with E-state index in [0.29, 0.717) is 16.3 Å². The normalized spacial score (nSPS) is 10.0. The van der Waals surface area contributed by atoms with Gasteiger partial charge >= 0.3 is 5.97 Å². The molecule has 0 heterocycles. The first kappa shape index (κ1) is 11.7. The Bertz CT molecular complexity index is 376. The number of carboxylic acid groups (broad SMARTS) is 1. The van der Waals surface area contributed by atoms with Crippen molar-refractivity contribution in [2.45, 2.75) is 12.8 Å². The first-order chi connectivity index (χ1) is 7.04. The molecule has 1 rings (SSSR count). The molecule has 1 aromatic carbocycles. The van der Waals surface area contributed by atoms with Gasteiger partial charge in [0, 0.05) is 12.5 Å². The molecule has 0 unspecified atom stereocenters. The van der Waals surface area contributed by atoms with Gasteiger partial charge in [-0.3, -0.25) is 4.79 Å². The molecule has 2 N–H and O–H groups in total. The summed E-state index contributed by atoms with van der Waals surface area (Å²) in [5.74, 6) is -0.549. The van der Waals surface area contributed by atoms with Crippen molar-refractivity contribution in [2.75, 3.05) is 7.11 Å². The maximum atomic E-state index is 10.4. The average molecular weight is 231 g/mol. The lowest BCUT2D eigenvalue weighted by molar-refractivity contribution is -0.136. The molecule has 0 aliphatic rings. The standard InChI is InChI=1S/C10H11ClO4/c1-15-9-5-8(12)6(4-7(9)11)2-3-10(13)14/h4-5,12H,2-3H2,1H3,(H,13,14). The van der Waals surface area contributed by atoms with Crippen LogP contribution < -0.4 is 4.74 Å². The molecule has 1 aromatic rings. The zero-order chi connectivity index (χ0) is 11.4. The van der Waals surface area contributed by atoms with Crippen molar-refractivity contribution < 1.29 is 19.7 Å². The molecule has 0 fully saturated rings. The Labute approximate surface area is 92.1 Å². The van der Waals surface area contributed by atoms with Gasteiger partial charge in [-0.05, 0) is 18.1 Å². The maximum Gasteiger partial charge on any atom is 0.303 e. The van der Waals surface area contributed by atoms with Crippen molar-refractivity contribution in [1.82, 2.24) is 0 Å². The lowest BCUT2D eigenvalue weighted by Crippen LogP contribution is -1.98. The van der Waals surface area contributed by atoms with Crippen LogP contribution in [0.2, 0.25) is 5.02 Å². The first-order valence-electron chi connectivity index (χ1n) is 4.31. The minimum absolute atomic E-state index is 0.00231. The molecule has 0 aromatic heterocycles. The van der Waals surface area contributed by atoms with Crippen molar-refractivity contribution in [2.24, 2.45) is 0 Å². The van der Waals surface area contributed by atoms with E-state index < -0.39 is 5.97 Å². The Kier molecular flexibility index (Phi) is 3.80. The van der Waals surface area contributed by atoms with Crippen LogP contribution in [0.5, 0.6) is 11.5 Å². The van der Waals surface area contributed by atoms with Crippen LogP contribution >= 0.6 is 11.6 Å². The van der Waals surface area contributed by atoms with Crippen LogP contribution in [0.25, 0.3) is 0 Å². The predicted molar refractivity (Wildman–Crippen MR) is 55.6 cm³/mol. The number of hydrogen-bond donors (Lipinski definition) is 2. The van der Waals surface area contributed by atoms with E-state index in [-0.39, 0.29) is 18.6 Å². The average Bonchev–Trinajstić information content (AvgIpc) is 2.18. The summed E-state index contributed by atoms with van der Waals surface area (Å²) >= 11 is 5.83. The molecule has 0 saturated carbocycles. The summed E-state index contributed by atoms with van der Waals surface area (Å²) in [6, 6.07) is 2.89. The Morgan fingerprint density at radius 3 is 2.73 bits per heavy atom. The number of phenolic OH excluding ortho intramolecular Hbond substituents is 1. The molecule has 15 heavy (non-hydrogen) atoms. The second-order valence-electron chi connectivity index (χ2n) is 3.01. The maximum absolute atomic E-state index is 10.4. The summed E-state index contributed by atoms with van der Waals surface area (Å²) < 4.78 is 4.90. The zero-order valence-corrected chi connectivity index (χ0v) is 8.91. The first-order valence-corrected chi connectivity index (χ1v) is 4.69. The second kappa shape index (κ2) is 4.89. The largest absolute Gasteiger partial charge is 0.508 e. The van der Waals surface area contributed by atoms with Gasteiger partial charge in [0.25, 0.3) is 0 Å². The molecule has 5 heteroatoms. The molecular formula is C10H11ClO4. The van der Waals surface area contributed by atoms with Gasteiger partial charge < -0.3 is 14.9 Å². The Hall–Kier alpha value is -1.42. The van der Waals surface area contributed by atoms with Gasteiger partial charge in [-0.25, -0.2) is 0 Å². The molecule has 82 valence electrons. The highest BCUT2D eigenvalue weighted by Crippen LogP contribution is 2.32. The number of carboxylic acids is 1. The highest BCUT2D eigenvalue weighted by Gasteiger charge is 2.09. The molecule has 0 aliphatic heterocycles. The molecule has 0 aliphatic carbocycles. The van der Waals surface area contributed by atoms with Crippen LogP contribution in [0, 0.1) is 0 Å². The third kappa shape index (κ3) is 3.02. The topological polar surface area (TPSA) is 66.8 Å². The van der Waals surface area contributed by atoms with Crippen molar-refractivity contribution in [3.05, 3.63) is 22.7 Å². The predicted octanol–water partition coefficient (Wildman–Crippen LogP) is 2.07. The van der Waals surface area contributed by atoms with Gasteiger partial charge in [-0.1, -0.05) is 11.6 Å². The molecule has 0 saturated heterocycles. The lowest BCUT2D eigenvalue weighted by Gasteiger charge is -2.07. The number of ether oxygens (including phenoxy) is 1. The fraction of sp³-hybridized carbons (Fsp3) is 0.300.